The van der Waals surface area contributed by atoms with Gasteiger partial charge in [0.25, 0.3) is 0 Å². The minimum Gasteiger partial charge on any atom is -0.488 e. The number of nitrogens with zero attached hydrogens (tertiary/aromatic N) is 2. The second-order valence-electron chi connectivity index (χ2n) is 5.70. The predicted molar refractivity (Wildman–Crippen MR) is 106 cm³/mol. The van der Waals surface area contributed by atoms with Gasteiger partial charge in [0, 0.05) is 7.11 Å². The van der Waals surface area contributed by atoms with Crippen LogP contribution in [-0.4, -0.2) is 23.9 Å². The van der Waals surface area contributed by atoms with Gasteiger partial charge in [-0.3, -0.25) is 0 Å². The Bertz CT molecular complexity index is 969. The summed E-state index contributed by atoms with van der Waals surface area (Å²) in [7, 11) is 1.55. The fraction of sp³-hybridized carbons (Fsp3) is 0.222. The Morgan fingerprint density at radius 2 is 1.70 bits per heavy atom. The number of methoxy groups -OCH3 is 1. The molecular formula is C18H18Cl2N4O3. The van der Waals surface area contributed by atoms with Crippen molar-refractivity contribution in [1.82, 2.24) is 9.97 Å². The maximum absolute atomic E-state index is 6.16. The highest BCUT2D eigenvalue weighted by Gasteiger charge is 2.12. The Labute approximate surface area is 166 Å². The van der Waals surface area contributed by atoms with E-state index in [9.17, 15) is 0 Å². The molecule has 2 aromatic carbocycles. The normalized spacial score (nSPS) is 11.1. The topological polar surface area (TPSA) is 106 Å². The molecule has 0 fully saturated rings. The van der Waals surface area contributed by atoms with E-state index in [-0.39, 0.29) is 25.2 Å². The monoisotopic (exact) mass is 408 g/mol. The van der Waals surface area contributed by atoms with Gasteiger partial charge in [0.05, 0.1) is 27.6 Å². The summed E-state index contributed by atoms with van der Waals surface area (Å²) in [6, 6.07) is 8.88. The first kappa shape index (κ1) is 19.4. The first-order chi connectivity index (χ1) is 13.0. The predicted octanol–water partition coefficient (Wildman–Crippen LogP) is 3.80. The van der Waals surface area contributed by atoms with Gasteiger partial charge < -0.3 is 25.7 Å². The fourth-order valence-electron chi connectivity index (χ4n) is 2.61. The molecule has 0 spiro atoms. The Morgan fingerprint density at radius 1 is 1.00 bits per heavy atom. The SMILES string of the molecule is COCOCc1cc(Cl)c(Cl)cc1COc1cccc2nc(N)nc(N)c12. The van der Waals surface area contributed by atoms with E-state index in [0.717, 1.165) is 11.1 Å². The average Bonchev–Trinajstić information content (AvgIpc) is 2.63. The molecule has 142 valence electrons. The van der Waals surface area contributed by atoms with Crippen LogP contribution in [0.1, 0.15) is 11.1 Å². The molecule has 0 amide bonds. The summed E-state index contributed by atoms with van der Waals surface area (Å²) in [6.45, 7) is 0.700. The van der Waals surface area contributed by atoms with Gasteiger partial charge in [0.1, 0.15) is 25.0 Å². The van der Waals surface area contributed by atoms with Gasteiger partial charge in [-0.1, -0.05) is 29.3 Å². The van der Waals surface area contributed by atoms with Crippen molar-refractivity contribution in [1.29, 1.82) is 0 Å². The number of rotatable bonds is 7. The largest absolute Gasteiger partial charge is 0.488 e. The number of halogens is 2. The van der Waals surface area contributed by atoms with Gasteiger partial charge in [-0.2, -0.15) is 4.98 Å². The molecule has 0 radical (unpaired) electrons. The number of nitrogen functional groups attached to an aromatic ring is 2. The molecule has 0 unspecified atom stereocenters. The molecule has 0 aliphatic carbocycles. The zero-order valence-corrected chi connectivity index (χ0v) is 16.0. The molecule has 0 aliphatic rings. The third-order valence-corrected chi connectivity index (χ3v) is 4.54. The molecule has 4 N–H and O–H groups in total. The number of nitrogens with two attached hydrogens (primary N) is 2. The summed E-state index contributed by atoms with van der Waals surface area (Å²) in [4.78, 5) is 8.18. The second-order valence-corrected chi connectivity index (χ2v) is 6.51. The van der Waals surface area contributed by atoms with Crippen LogP contribution in [-0.2, 0) is 22.7 Å². The van der Waals surface area contributed by atoms with Crippen LogP contribution in [0.4, 0.5) is 11.8 Å². The first-order valence-corrected chi connectivity index (χ1v) is 8.73. The number of benzene rings is 2. The summed E-state index contributed by atoms with van der Waals surface area (Å²) < 4.78 is 16.3. The summed E-state index contributed by atoms with van der Waals surface area (Å²) >= 11 is 12.3. The molecule has 3 aromatic rings. The van der Waals surface area contributed by atoms with Crippen molar-refractivity contribution in [2.24, 2.45) is 0 Å². The van der Waals surface area contributed by atoms with Crippen LogP contribution in [0.25, 0.3) is 10.9 Å². The molecule has 1 heterocycles. The Hall–Kier alpha value is -2.32. The number of fused-ring (bicyclic) bond motifs is 1. The molecule has 0 aliphatic heterocycles. The van der Waals surface area contributed by atoms with E-state index in [4.69, 9.17) is 48.9 Å². The van der Waals surface area contributed by atoms with Gasteiger partial charge in [0.15, 0.2) is 0 Å². The standard InChI is InChI=1S/C18H18Cl2N4O3/c1-25-9-26-7-10-5-12(19)13(20)6-11(10)8-27-15-4-2-3-14-16(15)17(21)24-18(22)23-14/h2-6H,7-9H2,1H3,(H4,21,22,23,24). The molecule has 0 atom stereocenters. The summed E-state index contributed by atoms with van der Waals surface area (Å²) in [5, 5.41) is 1.47. The summed E-state index contributed by atoms with van der Waals surface area (Å²) in [5.41, 5.74) is 13.9. The fourth-order valence-corrected chi connectivity index (χ4v) is 2.98. The van der Waals surface area contributed by atoms with Crippen LogP contribution < -0.4 is 16.2 Å². The van der Waals surface area contributed by atoms with E-state index in [1.165, 1.54) is 0 Å². The van der Waals surface area contributed by atoms with E-state index in [1.54, 1.807) is 37.4 Å². The van der Waals surface area contributed by atoms with Gasteiger partial charge in [0.2, 0.25) is 5.95 Å². The Balaban J connectivity index is 1.88. The number of hydrogen-bond donors (Lipinski definition) is 2. The average molecular weight is 409 g/mol. The number of ether oxygens (including phenoxy) is 3. The van der Waals surface area contributed by atoms with Crippen molar-refractivity contribution in [2.45, 2.75) is 13.2 Å². The maximum atomic E-state index is 6.16. The zero-order chi connectivity index (χ0) is 19.4. The second kappa shape index (κ2) is 8.58. The Morgan fingerprint density at radius 3 is 2.41 bits per heavy atom. The number of aromatic nitrogens is 2. The van der Waals surface area contributed by atoms with E-state index < -0.39 is 0 Å². The van der Waals surface area contributed by atoms with Crippen molar-refractivity contribution in [3.05, 3.63) is 51.5 Å². The van der Waals surface area contributed by atoms with Crippen LogP contribution >= 0.6 is 23.2 Å². The maximum Gasteiger partial charge on any atom is 0.222 e. The van der Waals surface area contributed by atoms with Crippen LogP contribution in [0.2, 0.25) is 10.0 Å². The summed E-state index contributed by atoms with van der Waals surface area (Å²) in [6.07, 6.45) is 0. The van der Waals surface area contributed by atoms with E-state index in [2.05, 4.69) is 9.97 Å². The molecule has 0 saturated carbocycles. The van der Waals surface area contributed by atoms with E-state index in [0.29, 0.717) is 33.3 Å². The van der Waals surface area contributed by atoms with Crippen LogP contribution in [0.3, 0.4) is 0 Å². The van der Waals surface area contributed by atoms with Gasteiger partial charge in [-0.25, -0.2) is 4.98 Å². The quantitative estimate of drug-likeness (QED) is 0.452. The molecule has 1 aromatic heterocycles. The van der Waals surface area contributed by atoms with Crippen molar-refractivity contribution in [2.75, 3.05) is 25.4 Å². The highest BCUT2D eigenvalue weighted by Crippen LogP contribution is 2.31. The number of hydrogen-bond acceptors (Lipinski definition) is 7. The molecule has 27 heavy (non-hydrogen) atoms. The molecular weight excluding hydrogens is 391 g/mol. The third-order valence-electron chi connectivity index (χ3n) is 3.81. The van der Waals surface area contributed by atoms with Crippen molar-refractivity contribution in [3.8, 4) is 5.75 Å². The lowest BCUT2D eigenvalue weighted by molar-refractivity contribution is -0.0394. The lowest BCUT2D eigenvalue weighted by Gasteiger charge is -2.14. The summed E-state index contributed by atoms with van der Waals surface area (Å²) in [5.74, 6) is 0.907. The Kier molecular flexibility index (Phi) is 6.18. The molecule has 7 nitrogen and oxygen atoms in total. The first-order valence-electron chi connectivity index (χ1n) is 7.97. The van der Waals surface area contributed by atoms with Crippen LogP contribution in [0, 0.1) is 0 Å². The van der Waals surface area contributed by atoms with Gasteiger partial charge >= 0.3 is 0 Å². The van der Waals surface area contributed by atoms with Crippen molar-refractivity contribution in [3.63, 3.8) is 0 Å². The van der Waals surface area contributed by atoms with Crippen LogP contribution in [0.5, 0.6) is 5.75 Å². The van der Waals surface area contributed by atoms with Crippen LogP contribution in [0.15, 0.2) is 30.3 Å². The highest BCUT2D eigenvalue weighted by molar-refractivity contribution is 6.42. The zero-order valence-electron chi connectivity index (χ0n) is 14.5. The lowest BCUT2D eigenvalue weighted by Crippen LogP contribution is -2.06. The smallest absolute Gasteiger partial charge is 0.222 e. The number of anilines is 2. The van der Waals surface area contributed by atoms with E-state index in [1.807, 2.05) is 0 Å². The van der Waals surface area contributed by atoms with Crippen molar-refractivity contribution < 1.29 is 14.2 Å². The molecule has 0 saturated heterocycles. The molecule has 3 rings (SSSR count). The third kappa shape index (κ3) is 4.51. The minimum atomic E-state index is 0.110. The molecule has 9 heteroatoms. The van der Waals surface area contributed by atoms with E-state index >= 15 is 0 Å². The van der Waals surface area contributed by atoms with Gasteiger partial charge in [-0.05, 0) is 35.4 Å². The van der Waals surface area contributed by atoms with Crippen molar-refractivity contribution >= 4 is 45.9 Å². The highest BCUT2D eigenvalue weighted by atomic mass is 35.5. The molecule has 0 bridgehead atoms. The van der Waals surface area contributed by atoms with Gasteiger partial charge in [-0.15, -0.1) is 0 Å². The lowest BCUT2D eigenvalue weighted by atomic mass is 10.1. The minimum absolute atomic E-state index is 0.110.